The van der Waals surface area contributed by atoms with Crippen LogP contribution in [0.25, 0.3) is 11.8 Å². The number of hydrogen-bond donors (Lipinski definition) is 0. The molecule has 1 aliphatic heterocycles. The second-order valence-corrected chi connectivity index (χ2v) is 5.49. The van der Waals surface area contributed by atoms with Gasteiger partial charge in [0.2, 0.25) is 0 Å². The van der Waals surface area contributed by atoms with Crippen LogP contribution in [0.15, 0.2) is 54.1 Å². The summed E-state index contributed by atoms with van der Waals surface area (Å²) in [5.41, 5.74) is 1.86. The molecule has 0 fully saturated rings. The van der Waals surface area contributed by atoms with Gasteiger partial charge >= 0.3 is 5.97 Å². The fraction of sp³-hybridized carbons (Fsp3) is 0.105. The number of esters is 1. The highest BCUT2D eigenvalue weighted by atomic mass is 35.5. The SMILES string of the molecule is COc1ccc(C2=C/C(=C/c3ccccc3Cl)C(=O)O2)c(OC)c1. The van der Waals surface area contributed by atoms with E-state index < -0.39 is 5.97 Å². The smallest absolute Gasteiger partial charge is 0.343 e. The van der Waals surface area contributed by atoms with Gasteiger partial charge in [-0.3, -0.25) is 0 Å². The average Bonchev–Trinajstić information content (AvgIpc) is 2.96. The standard InChI is InChI=1S/C19H15ClO4/c1-22-14-7-8-15(17(11-14)23-2)18-10-13(19(21)24-18)9-12-5-3-4-6-16(12)20/h3-11H,1-2H3/b13-9-. The summed E-state index contributed by atoms with van der Waals surface area (Å²) in [7, 11) is 3.13. The Balaban J connectivity index is 1.99. The monoisotopic (exact) mass is 342 g/mol. The molecule has 0 radical (unpaired) electrons. The highest BCUT2D eigenvalue weighted by Crippen LogP contribution is 2.35. The van der Waals surface area contributed by atoms with Gasteiger partial charge in [0.05, 0.1) is 25.4 Å². The van der Waals surface area contributed by atoms with Crippen molar-refractivity contribution in [2.75, 3.05) is 14.2 Å². The maximum absolute atomic E-state index is 12.1. The first-order valence-electron chi connectivity index (χ1n) is 7.25. The Morgan fingerprint density at radius 3 is 2.58 bits per heavy atom. The van der Waals surface area contributed by atoms with Crippen LogP contribution in [0.2, 0.25) is 5.02 Å². The molecule has 24 heavy (non-hydrogen) atoms. The summed E-state index contributed by atoms with van der Waals surface area (Å²) in [6.07, 6.45) is 3.38. The van der Waals surface area contributed by atoms with Crippen molar-refractivity contribution < 1.29 is 19.0 Å². The summed E-state index contributed by atoms with van der Waals surface area (Å²) >= 11 is 6.13. The fourth-order valence-electron chi connectivity index (χ4n) is 2.38. The molecule has 0 aromatic heterocycles. The van der Waals surface area contributed by atoms with Gasteiger partial charge < -0.3 is 14.2 Å². The number of carbonyl (C=O) groups is 1. The molecule has 1 aliphatic rings. The summed E-state index contributed by atoms with van der Waals surface area (Å²) in [5, 5.41) is 0.571. The first-order valence-corrected chi connectivity index (χ1v) is 7.62. The van der Waals surface area contributed by atoms with Crippen molar-refractivity contribution in [1.82, 2.24) is 0 Å². The Morgan fingerprint density at radius 1 is 1.08 bits per heavy atom. The zero-order chi connectivity index (χ0) is 17.1. The average molecular weight is 343 g/mol. The topological polar surface area (TPSA) is 44.8 Å². The lowest BCUT2D eigenvalue weighted by molar-refractivity contribution is -0.130. The van der Waals surface area contributed by atoms with Crippen LogP contribution in [-0.2, 0) is 9.53 Å². The predicted octanol–water partition coefficient (Wildman–Crippen LogP) is 4.34. The lowest BCUT2D eigenvalue weighted by atomic mass is 10.1. The third-order valence-electron chi connectivity index (χ3n) is 3.62. The minimum atomic E-state index is -0.428. The largest absolute Gasteiger partial charge is 0.497 e. The van der Waals surface area contributed by atoms with Gasteiger partial charge in [0.1, 0.15) is 17.3 Å². The second-order valence-electron chi connectivity index (χ2n) is 5.09. The van der Waals surface area contributed by atoms with Gasteiger partial charge in [-0.1, -0.05) is 29.8 Å². The maximum atomic E-state index is 12.1. The number of methoxy groups -OCH3 is 2. The highest BCUT2D eigenvalue weighted by Gasteiger charge is 2.24. The molecule has 2 aromatic rings. The first-order chi connectivity index (χ1) is 11.6. The van der Waals surface area contributed by atoms with Crippen molar-refractivity contribution in [3.8, 4) is 11.5 Å². The minimum absolute atomic E-state index is 0.427. The third kappa shape index (κ3) is 3.14. The molecule has 0 atom stereocenters. The van der Waals surface area contributed by atoms with E-state index in [1.165, 1.54) is 0 Å². The van der Waals surface area contributed by atoms with Crippen molar-refractivity contribution in [3.63, 3.8) is 0 Å². The summed E-state index contributed by atoms with van der Waals surface area (Å²) in [4.78, 5) is 12.1. The van der Waals surface area contributed by atoms with Crippen LogP contribution >= 0.6 is 11.6 Å². The summed E-state index contributed by atoms with van der Waals surface area (Å²) in [6, 6.07) is 12.6. The molecule has 0 saturated carbocycles. The number of ether oxygens (including phenoxy) is 3. The molecule has 4 nitrogen and oxygen atoms in total. The number of benzene rings is 2. The Bertz CT molecular complexity index is 852. The van der Waals surface area contributed by atoms with E-state index in [9.17, 15) is 4.79 Å². The van der Waals surface area contributed by atoms with Gasteiger partial charge in [0, 0.05) is 11.1 Å². The molecule has 5 heteroatoms. The van der Waals surface area contributed by atoms with E-state index in [2.05, 4.69) is 0 Å². The molecule has 0 spiro atoms. The summed E-state index contributed by atoms with van der Waals surface area (Å²) < 4.78 is 15.9. The minimum Gasteiger partial charge on any atom is -0.497 e. The quantitative estimate of drug-likeness (QED) is 0.612. The van der Waals surface area contributed by atoms with Crippen LogP contribution in [0.4, 0.5) is 0 Å². The van der Waals surface area contributed by atoms with E-state index >= 15 is 0 Å². The van der Waals surface area contributed by atoms with E-state index in [1.54, 1.807) is 50.6 Å². The zero-order valence-corrected chi connectivity index (χ0v) is 14.0. The summed E-state index contributed by atoms with van der Waals surface area (Å²) in [6.45, 7) is 0. The maximum Gasteiger partial charge on any atom is 0.343 e. The molecule has 3 rings (SSSR count). The van der Waals surface area contributed by atoms with E-state index in [1.807, 2.05) is 18.2 Å². The van der Waals surface area contributed by atoms with Gasteiger partial charge in [-0.25, -0.2) is 4.79 Å². The number of cyclic esters (lactones) is 1. The third-order valence-corrected chi connectivity index (χ3v) is 3.96. The first kappa shape index (κ1) is 16.1. The molecular weight excluding hydrogens is 328 g/mol. The number of halogens is 1. The summed E-state index contributed by atoms with van der Waals surface area (Å²) in [5.74, 6) is 1.22. The molecule has 0 N–H and O–H groups in total. The Morgan fingerprint density at radius 2 is 1.88 bits per heavy atom. The molecule has 0 unspecified atom stereocenters. The van der Waals surface area contributed by atoms with Crippen LogP contribution in [0.5, 0.6) is 11.5 Å². The van der Waals surface area contributed by atoms with Gasteiger partial charge in [0.25, 0.3) is 0 Å². The molecular formula is C19H15ClO4. The van der Waals surface area contributed by atoms with Gasteiger partial charge in [-0.15, -0.1) is 0 Å². The van der Waals surface area contributed by atoms with E-state index in [0.29, 0.717) is 33.4 Å². The Kier molecular flexibility index (Phi) is 4.58. The van der Waals surface area contributed by atoms with Crippen molar-refractivity contribution in [1.29, 1.82) is 0 Å². The van der Waals surface area contributed by atoms with Crippen LogP contribution in [0.3, 0.4) is 0 Å². The highest BCUT2D eigenvalue weighted by molar-refractivity contribution is 6.32. The molecule has 2 aromatic carbocycles. The Labute approximate surface area is 144 Å². The zero-order valence-electron chi connectivity index (χ0n) is 13.2. The van der Waals surface area contributed by atoms with Gasteiger partial charge in [0.15, 0.2) is 0 Å². The normalized spacial score (nSPS) is 15.2. The van der Waals surface area contributed by atoms with E-state index in [0.717, 1.165) is 5.56 Å². The lowest BCUT2D eigenvalue weighted by Crippen LogP contribution is -1.98. The molecule has 0 bridgehead atoms. The lowest BCUT2D eigenvalue weighted by Gasteiger charge is -2.10. The Hall–Kier alpha value is -2.72. The van der Waals surface area contributed by atoms with Crippen LogP contribution in [-0.4, -0.2) is 20.2 Å². The van der Waals surface area contributed by atoms with Crippen molar-refractivity contribution in [2.45, 2.75) is 0 Å². The number of hydrogen-bond acceptors (Lipinski definition) is 4. The second kappa shape index (κ2) is 6.81. The number of carbonyl (C=O) groups excluding carboxylic acids is 1. The molecule has 0 aliphatic carbocycles. The van der Waals surface area contributed by atoms with Gasteiger partial charge in [-0.2, -0.15) is 0 Å². The van der Waals surface area contributed by atoms with E-state index in [4.69, 9.17) is 25.8 Å². The van der Waals surface area contributed by atoms with E-state index in [-0.39, 0.29) is 0 Å². The van der Waals surface area contributed by atoms with Crippen LogP contribution < -0.4 is 9.47 Å². The van der Waals surface area contributed by atoms with Crippen molar-refractivity contribution in [2.24, 2.45) is 0 Å². The molecule has 1 heterocycles. The van der Waals surface area contributed by atoms with Crippen molar-refractivity contribution in [3.05, 3.63) is 70.3 Å². The molecule has 0 saturated heterocycles. The fourth-order valence-corrected chi connectivity index (χ4v) is 2.57. The van der Waals surface area contributed by atoms with Crippen LogP contribution in [0.1, 0.15) is 11.1 Å². The van der Waals surface area contributed by atoms with Crippen molar-refractivity contribution >= 4 is 29.4 Å². The van der Waals surface area contributed by atoms with Gasteiger partial charge in [-0.05, 0) is 35.9 Å². The van der Waals surface area contributed by atoms with Crippen LogP contribution in [0, 0.1) is 0 Å². The predicted molar refractivity (Wildman–Crippen MR) is 93.0 cm³/mol. The number of rotatable bonds is 4. The molecule has 0 amide bonds. The molecule has 122 valence electrons.